The minimum absolute atomic E-state index is 0.117. The van der Waals surface area contributed by atoms with Gasteiger partial charge in [-0.15, -0.1) is 0 Å². The van der Waals surface area contributed by atoms with E-state index in [0.717, 1.165) is 30.0 Å². The Morgan fingerprint density at radius 3 is 2.91 bits per heavy atom. The van der Waals surface area contributed by atoms with Gasteiger partial charge in [0, 0.05) is 19.3 Å². The number of rotatable bonds is 4. The minimum Gasteiger partial charge on any atom is -0.337 e. The largest absolute Gasteiger partial charge is 0.337 e. The summed E-state index contributed by atoms with van der Waals surface area (Å²) in [5.41, 5.74) is 1.73. The second-order valence-corrected chi connectivity index (χ2v) is 6.71. The Kier molecular flexibility index (Phi) is 4.94. The zero-order chi connectivity index (χ0) is 16.1. The standard InChI is InChI=1S/C18H17N3OS/c19-12-15-8-9-20-17(11-15)23-16-7-4-10-21(18(16)22)13-14-5-2-1-3-6-14/h1-3,5-6,8-9,11,16H,4,7,10,13H2. The van der Waals surface area contributed by atoms with Gasteiger partial charge in [-0.3, -0.25) is 4.79 Å². The van der Waals surface area contributed by atoms with Crippen LogP contribution in [0.2, 0.25) is 0 Å². The molecule has 1 saturated heterocycles. The van der Waals surface area contributed by atoms with E-state index in [0.29, 0.717) is 12.1 Å². The summed E-state index contributed by atoms with van der Waals surface area (Å²) in [5.74, 6) is 0.161. The number of piperidine rings is 1. The number of benzene rings is 1. The van der Waals surface area contributed by atoms with Gasteiger partial charge in [0.25, 0.3) is 0 Å². The van der Waals surface area contributed by atoms with Gasteiger partial charge < -0.3 is 4.90 Å². The van der Waals surface area contributed by atoms with Crippen LogP contribution in [0.25, 0.3) is 0 Å². The molecule has 0 bridgehead atoms. The molecule has 1 aliphatic rings. The Labute approximate surface area is 140 Å². The van der Waals surface area contributed by atoms with Crippen LogP contribution in [0.5, 0.6) is 0 Å². The van der Waals surface area contributed by atoms with Crippen LogP contribution in [-0.2, 0) is 11.3 Å². The van der Waals surface area contributed by atoms with E-state index in [1.807, 2.05) is 35.2 Å². The predicted molar refractivity (Wildman–Crippen MR) is 89.7 cm³/mol. The van der Waals surface area contributed by atoms with E-state index in [-0.39, 0.29) is 11.2 Å². The topological polar surface area (TPSA) is 57.0 Å². The van der Waals surface area contributed by atoms with Gasteiger partial charge in [-0.1, -0.05) is 42.1 Å². The van der Waals surface area contributed by atoms with Gasteiger partial charge in [0.2, 0.25) is 5.91 Å². The van der Waals surface area contributed by atoms with E-state index in [1.54, 1.807) is 18.3 Å². The van der Waals surface area contributed by atoms with Gasteiger partial charge in [0.05, 0.1) is 21.9 Å². The first kappa shape index (κ1) is 15.6. The number of thioether (sulfide) groups is 1. The molecule has 4 nitrogen and oxygen atoms in total. The molecule has 1 amide bonds. The van der Waals surface area contributed by atoms with Crippen LogP contribution in [0.15, 0.2) is 53.7 Å². The van der Waals surface area contributed by atoms with Gasteiger partial charge in [-0.25, -0.2) is 4.98 Å². The molecule has 2 aromatic rings. The number of nitriles is 1. The zero-order valence-electron chi connectivity index (χ0n) is 12.7. The van der Waals surface area contributed by atoms with Crippen LogP contribution in [-0.4, -0.2) is 27.6 Å². The van der Waals surface area contributed by atoms with Crippen molar-refractivity contribution in [1.82, 2.24) is 9.88 Å². The first-order valence-corrected chi connectivity index (χ1v) is 8.50. The van der Waals surface area contributed by atoms with E-state index < -0.39 is 0 Å². The van der Waals surface area contributed by atoms with E-state index in [2.05, 4.69) is 11.1 Å². The van der Waals surface area contributed by atoms with Crippen molar-refractivity contribution in [2.75, 3.05) is 6.54 Å². The van der Waals surface area contributed by atoms with Crippen LogP contribution in [0.3, 0.4) is 0 Å². The first-order chi connectivity index (χ1) is 11.3. The third kappa shape index (κ3) is 3.91. The summed E-state index contributed by atoms with van der Waals surface area (Å²) in [6, 6.07) is 15.6. The highest BCUT2D eigenvalue weighted by Crippen LogP contribution is 2.30. The van der Waals surface area contributed by atoms with Crippen molar-refractivity contribution in [2.45, 2.75) is 29.7 Å². The number of aromatic nitrogens is 1. The number of carbonyl (C=O) groups excluding carboxylic acids is 1. The van der Waals surface area contributed by atoms with Crippen LogP contribution < -0.4 is 0 Å². The quantitative estimate of drug-likeness (QED) is 0.867. The van der Waals surface area contributed by atoms with E-state index >= 15 is 0 Å². The lowest BCUT2D eigenvalue weighted by Gasteiger charge is -2.31. The molecule has 1 fully saturated rings. The normalized spacial score (nSPS) is 17.8. The van der Waals surface area contributed by atoms with Crippen LogP contribution in [0.4, 0.5) is 0 Å². The van der Waals surface area contributed by atoms with Crippen LogP contribution in [0, 0.1) is 11.3 Å². The van der Waals surface area contributed by atoms with Crippen molar-refractivity contribution in [1.29, 1.82) is 5.26 Å². The van der Waals surface area contributed by atoms with Crippen molar-refractivity contribution < 1.29 is 4.79 Å². The number of nitrogens with zero attached hydrogens (tertiary/aromatic N) is 3. The van der Waals surface area contributed by atoms with Crippen molar-refractivity contribution in [3.05, 3.63) is 59.8 Å². The molecule has 2 heterocycles. The summed E-state index contributed by atoms with van der Waals surface area (Å²) in [4.78, 5) is 18.9. The minimum atomic E-state index is -0.117. The fraction of sp³-hybridized carbons (Fsp3) is 0.278. The fourth-order valence-electron chi connectivity index (χ4n) is 2.66. The molecule has 1 atom stereocenters. The number of amides is 1. The predicted octanol–water partition coefficient (Wildman–Crippen LogP) is 3.24. The zero-order valence-corrected chi connectivity index (χ0v) is 13.5. The Hall–Kier alpha value is -2.32. The second-order valence-electron chi connectivity index (χ2n) is 5.49. The number of hydrogen-bond acceptors (Lipinski definition) is 4. The molecule has 0 spiro atoms. The maximum Gasteiger partial charge on any atom is 0.236 e. The summed E-state index contributed by atoms with van der Waals surface area (Å²) in [7, 11) is 0. The maximum absolute atomic E-state index is 12.7. The average molecular weight is 323 g/mol. The monoisotopic (exact) mass is 323 g/mol. The summed E-state index contributed by atoms with van der Waals surface area (Å²) in [6.45, 7) is 1.46. The fourth-order valence-corrected chi connectivity index (χ4v) is 3.81. The summed E-state index contributed by atoms with van der Waals surface area (Å²) < 4.78 is 0. The molecule has 1 aromatic carbocycles. The van der Waals surface area contributed by atoms with Gasteiger partial charge >= 0.3 is 0 Å². The summed E-state index contributed by atoms with van der Waals surface area (Å²) >= 11 is 1.46. The molecule has 116 valence electrons. The number of pyridine rings is 1. The molecule has 1 unspecified atom stereocenters. The smallest absolute Gasteiger partial charge is 0.236 e. The summed E-state index contributed by atoms with van der Waals surface area (Å²) in [6.07, 6.45) is 3.47. The number of hydrogen-bond donors (Lipinski definition) is 0. The lowest BCUT2D eigenvalue weighted by molar-refractivity contribution is -0.133. The van der Waals surface area contributed by atoms with Gasteiger partial charge in [-0.05, 0) is 30.5 Å². The second kappa shape index (κ2) is 7.30. The highest BCUT2D eigenvalue weighted by Gasteiger charge is 2.29. The Morgan fingerprint density at radius 1 is 1.30 bits per heavy atom. The van der Waals surface area contributed by atoms with Crippen molar-refractivity contribution in [3.8, 4) is 6.07 Å². The molecule has 1 aromatic heterocycles. The SMILES string of the molecule is N#Cc1ccnc(SC2CCCN(Cc3ccccc3)C2=O)c1. The molecule has 3 rings (SSSR count). The molecule has 1 aliphatic heterocycles. The first-order valence-electron chi connectivity index (χ1n) is 7.62. The molecule has 23 heavy (non-hydrogen) atoms. The maximum atomic E-state index is 12.7. The molecular weight excluding hydrogens is 306 g/mol. The van der Waals surface area contributed by atoms with Crippen LogP contribution >= 0.6 is 11.8 Å². The molecule has 5 heteroatoms. The van der Waals surface area contributed by atoms with E-state index in [1.165, 1.54) is 11.8 Å². The lowest BCUT2D eigenvalue weighted by Crippen LogP contribution is -2.42. The molecular formula is C18H17N3OS. The third-order valence-electron chi connectivity index (χ3n) is 3.82. The molecule has 0 saturated carbocycles. The Morgan fingerprint density at radius 2 is 2.13 bits per heavy atom. The number of carbonyl (C=O) groups is 1. The molecule has 0 N–H and O–H groups in total. The van der Waals surface area contributed by atoms with Gasteiger partial charge in [-0.2, -0.15) is 5.26 Å². The average Bonchev–Trinajstić information content (AvgIpc) is 2.59. The van der Waals surface area contributed by atoms with Gasteiger partial charge in [0.1, 0.15) is 0 Å². The Balaban J connectivity index is 1.68. The summed E-state index contributed by atoms with van der Waals surface area (Å²) in [5, 5.41) is 9.59. The Bertz CT molecular complexity index is 727. The highest BCUT2D eigenvalue weighted by molar-refractivity contribution is 8.00. The van der Waals surface area contributed by atoms with Crippen molar-refractivity contribution in [2.24, 2.45) is 0 Å². The lowest BCUT2D eigenvalue weighted by atomic mass is 10.1. The van der Waals surface area contributed by atoms with Crippen molar-refractivity contribution >= 4 is 17.7 Å². The highest BCUT2D eigenvalue weighted by atomic mass is 32.2. The van der Waals surface area contributed by atoms with Gasteiger partial charge in [0.15, 0.2) is 0 Å². The third-order valence-corrected chi connectivity index (χ3v) is 5.01. The van der Waals surface area contributed by atoms with E-state index in [9.17, 15) is 4.79 Å². The number of likely N-dealkylation sites (tertiary alicyclic amines) is 1. The van der Waals surface area contributed by atoms with Crippen molar-refractivity contribution in [3.63, 3.8) is 0 Å². The molecule has 0 radical (unpaired) electrons. The van der Waals surface area contributed by atoms with Crippen LogP contribution in [0.1, 0.15) is 24.0 Å². The molecule has 0 aliphatic carbocycles. The van der Waals surface area contributed by atoms with E-state index in [4.69, 9.17) is 5.26 Å².